The Labute approximate surface area is 169 Å². The number of aromatic nitrogens is 1. The van der Waals surface area contributed by atoms with Gasteiger partial charge < -0.3 is 9.73 Å². The van der Waals surface area contributed by atoms with E-state index in [1.807, 2.05) is 42.5 Å². The number of carbonyl (C=O) groups excluding carboxylic acids is 1. The van der Waals surface area contributed by atoms with Gasteiger partial charge >= 0.3 is 0 Å². The van der Waals surface area contributed by atoms with Gasteiger partial charge in [-0.1, -0.05) is 45.7 Å². The van der Waals surface area contributed by atoms with Crippen LogP contribution in [0.4, 0.5) is 5.69 Å². The van der Waals surface area contributed by atoms with Gasteiger partial charge in [0.15, 0.2) is 5.58 Å². The van der Waals surface area contributed by atoms with Crippen molar-refractivity contribution < 1.29 is 9.21 Å². The second-order valence-corrected chi connectivity index (χ2v) is 7.42. The maximum atomic E-state index is 12.3. The highest BCUT2D eigenvalue weighted by molar-refractivity contribution is 9.10. The first kappa shape index (κ1) is 17.8. The van der Waals surface area contributed by atoms with Gasteiger partial charge in [-0.25, -0.2) is 4.98 Å². The van der Waals surface area contributed by atoms with Crippen LogP contribution in [0.2, 0.25) is 5.02 Å². The molecular weight excluding hydrogens is 428 g/mol. The van der Waals surface area contributed by atoms with Crippen molar-refractivity contribution in [2.45, 2.75) is 6.42 Å². The highest BCUT2D eigenvalue weighted by Crippen LogP contribution is 2.27. The summed E-state index contributed by atoms with van der Waals surface area (Å²) in [4.78, 5) is 16.8. The number of anilines is 1. The van der Waals surface area contributed by atoms with Gasteiger partial charge in [0.25, 0.3) is 0 Å². The number of halogens is 2. The average molecular weight is 442 g/mol. The molecule has 4 nitrogen and oxygen atoms in total. The Kier molecular flexibility index (Phi) is 4.97. The van der Waals surface area contributed by atoms with E-state index in [2.05, 4.69) is 26.2 Å². The molecule has 1 heterocycles. The normalized spacial score (nSPS) is 10.9. The number of rotatable bonds is 4. The molecule has 0 aliphatic rings. The Morgan fingerprint density at radius 3 is 2.67 bits per heavy atom. The molecule has 3 aromatic carbocycles. The third-order valence-corrected chi connectivity index (χ3v) is 4.77. The standard InChI is InChI=1S/C21H14BrClN2O2/c22-15-3-1-2-14(11-15)21-25-18-12-17(8-9-19(18)27-21)24-20(26)10-13-4-6-16(23)7-5-13/h1-9,11-12H,10H2,(H,24,26). The van der Waals surface area contributed by atoms with Crippen LogP contribution in [0.25, 0.3) is 22.6 Å². The lowest BCUT2D eigenvalue weighted by molar-refractivity contribution is -0.115. The van der Waals surface area contributed by atoms with Crippen molar-refractivity contribution in [2.75, 3.05) is 5.32 Å². The number of fused-ring (bicyclic) bond motifs is 1. The van der Waals surface area contributed by atoms with Gasteiger partial charge in [-0.3, -0.25) is 4.79 Å². The van der Waals surface area contributed by atoms with Crippen LogP contribution in [0.3, 0.4) is 0 Å². The number of nitrogens with zero attached hydrogens (tertiary/aromatic N) is 1. The fourth-order valence-electron chi connectivity index (χ4n) is 2.74. The lowest BCUT2D eigenvalue weighted by Gasteiger charge is -2.05. The molecule has 6 heteroatoms. The van der Waals surface area contributed by atoms with Crippen LogP contribution >= 0.6 is 27.5 Å². The van der Waals surface area contributed by atoms with Crippen LogP contribution in [0, 0.1) is 0 Å². The van der Waals surface area contributed by atoms with Crippen LogP contribution < -0.4 is 5.32 Å². The number of oxazole rings is 1. The van der Waals surface area contributed by atoms with Gasteiger partial charge in [0, 0.05) is 20.7 Å². The second kappa shape index (κ2) is 7.55. The van der Waals surface area contributed by atoms with E-state index in [0.717, 1.165) is 15.6 Å². The van der Waals surface area contributed by atoms with E-state index >= 15 is 0 Å². The zero-order valence-corrected chi connectivity index (χ0v) is 16.4. The number of amides is 1. The van der Waals surface area contributed by atoms with Crippen molar-refractivity contribution in [2.24, 2.45) is 0 Å². The first-order valence-electron chi connectivity index (χ1n) is 8.28. The Bertz CT molecular complexity index is 1120. The lowest BCUT2D eigenvalue weighted by Crippen LogP contribution is -2.14. The fourth-order valence-corrected chi connectivity index (χ4v) is 3.27. The SMILES string of the molecule is O=C(Cc1ccc(Cl)cc1)Nc1ccc2oc(-c3cccc(Br)c3)nc2c1. The smallest absolute Gasteiger partial charge is 0.228 e. The zero-order valence-electron chi connectivity index (χ0n) is 14.1. The summed E-state index contributed by atoms with van der Waals surface area (Å²) < 4.78 is 6.77. The van der Waals surface area contributed by atoms with Crippen LogP contribution in [0.1, 0.15) is 5.56 Å². The minimum absolute atomic E-state index is 0.104. The molecule has 0 spiro atoms. The molecule has 1 amide bonds. The average Bonchev–Trinajstić information content (AvgIpc) is 3.07. The Morgan fingerprint density at radius 2 is 1.89 bits per heavy atom. The first-order valence-corrected chi connectivity index (χ1v) is 9.45. The van der Waals surface area contributed by atoms with Gasteiger partial charge in [0.2, 0.25) is 11.8 Å². The van der Waals surface area contributed by atoms with E-state index in [1.165, 1.54) is 0 Å². The molecule has 27 heavy (non-hydrogen) atoms. The number of carbonyl (C=O) groups is 1. The molecule has 0 unspecified atom stereocenters. The summed E-state index contributed by atoms with van der Waals surface area (Å²) in [5.41, 5.74) is 3.82. The van der Waals surface area contributed by atoms with E-state index in [0.29, 0.717) is 27.7 Å². The van der Waals surface area contributed by atoms with Gasteiger partial charge in [0.05, 0.1) is 6.42 Å². The van der Waals surface area contributed by atoms with Crippen LogP contribution in [0.5, 0.6) is 0 Å². The van der Waals surface area contributed by atoms with Crippen LogP contribution in [-0.2, 0) is 11.2 Å². The van der Waals surface area contributed by atoms with E-state index < -0.39 is 0 Å². The van der Waals surface area contributed by atoms with Gasteiger partial charge in [-0.15, -0.1) is 0 Å². The molecule has 0 fully saturated rings. The summed E-state index contributed by atoms with van der Waals surface area (Å²) in [5.74, 6) is 0.434. The quantitative estimate of drug-likeness (QED) is 0.417. The summed E-state index contributed by atoms with van der Waals surface area (Å²) in [5, 5.41) is 3.54. The maximum absolute atomic E-state index is 12.3. The molecular formula is C21H14BrClN2O2. The topological polar surface area (TPSA) is 55.1 Å². The van der Waals surface area contributed by atoms with E-state index in [1.54, 1.807) is 24.3 Å². The van der Waals surface area contributed by atoms with E-state index in [4.69, 9.17) is 16.0 Å². The van der Waals surface area contributed by atoms with Crippen molar-refractivity contribution in [1.82, 2.24) is 4.98 Å². The predicted octanol–water partition coefficient (Wildman–Crippen LogP) is 6.09. The predicted molar refractivity (Wildman–Crippen MR) is 111 cm³/mol. The van der Waals surface area contributed by atoms with Crippen LogP contribution in [0.15, 0.2) is 75.6 Å². The highest BCUT2D eigenvalue weighted by Gasteiger charge is 2.10. The minimum atomic E-state index is -0.104. The molecule has 0 atom stereocenters. The van der Waals surface area contributed by atoms with Crippen molar-refractivity contribution >= 4 is 50.2 Å². The van der Waals surface area contributed by atoms with E-state index in [9.17, 15) is 4.79 Å². The molecule has 1 N–H and O–H groups in total. The van der Waals surface area contributed by atoms with Crippen molar-refractivity contribution in [3.63, 3.8) is 0 Å². The summed E-state index contributed by atoms with van der Waals surface area (Å²) in [7, 11) is 0. The summed E-state index contributed by atoms with van der Waals surface area (Å²) in [6.07, 6.45) is 0.275. The van der Waals surface area contributed by atoms with Crippen molar-refractivity contribution in [3.8, 4) is 11.5 Å². The van der Waals surface area contributed by atoms with Crippen LogP contribution in [-0.4, -0.2) is 10.9 Å². The molecule has 134 valence electrons. The number of benzene rings is 3. The fraction of sp³-hybridized carbons (Fsp3) is 0.0476. The Balaban J connectivity index is 1.53. The number of hydrogen-bond acceptors (Lipinski definition) is 3. The first-order chi connectivity index (χ1) is 13.1. The summed E-state index contributed by atoms with van der Waals surface area (Å²) >= 11 is 9.32. The number of hydrogen-bond donors (Lipinski definition) is 1. The molecule has 0 saturated heterocycles. The zero-order chi connectivity index (χ0) is 18.8. The van der Waals surface area contributed by atoms with Crippen molar-refractivity contribution in [1.29, 1.82) is 0 Å². The molecule has 0 saturated carbocycles. The van der Waals surface area contributed by atoms with E-state index in [-0.39, 0.29) is 12.3 Å². The van der Waals surface area contributed by atoms with Gasteiger partial charge in [-0.05, 0) is 54.1 Å². The molecule has 0 aliphatic carbocycles. The molecule has 1 aromatic heterocycles. The van der Waals surface area contributed by atoms with Gasteiger partial charge in [0.1, 0.15) is 5.52 Å². The van der Waals surface area contributed by atoms with Crippen molar-refractivity contribution in [3.05, 3.63) is 81.8 Å². The Hall–Kier alpha value is -2.63. The molecule has 0 bridgehead atoms. The minimum Gasteiger partial charge on any atom is -0.436 e. The number of nitrogens with one attached hydrogen (secondary N) is 1. The third kappa shape index (κ3) is 4.21. The summed E-state index contributed by atoms with van der Waals surface area (Å²) in [6, 6.07) is 20.4. The largest absolute Gasteiger partial charge is 0.436 e. The monoisotopic (exact) mass is 440 g/mol. The molecule has 4 rings (SSSR count). The third-order valence-electron chi connectivity index (χ3n) is 4.02. The molecule has 0 aliphatic heterocycles. The molecule has 0 radical (unpaired) electrons. The second-order valence-electron chi connectivity index (χ2n) is 6.06. The maximum Gasteiger partial charge on any atom is 0.228 e. The lowest BCUT2D eigenvalue weighted by atomic mass is 10.1. The molecule has 4 aromatic rings. The summed E-state index contributed by atoms with van der Waals surface area (Å²) in [6.45, 7) is 0. The highest BCUT2D eigenvalue weighted by atomic mass is 79.9. The van der Waals surface area contributed by atoms with Gasteiger partial charge in [-0.2, -0.15) is 0 Å². The Morgan fingerprint density at radius 1 is 1.07 bits per heavy atom.